The lowest BCUT2D eigenvalue weighted by molar-refractivity contribution is -0.0118. The maximum Gasteiger partial charge on any atom is 0.330 e. The van der Waals surface area contributed by atoms with Gasteiger partial charge in [0.1, 0.15) is 12.4 Å². The summed E-state index contributed by atoms with van der Waals surface area (Å²) >= 11 is 0. The number of hydrogen-bond acceptors (Lipinski definition) is 4. The highest BCUT2D eigenvalue weighted by Crippen LogP contribution is 2.39. The molecule has 2 heterocycles. The summed E-state index contributed by atoms with van der Waals surface area (Å²) in [6.07, 6.45) is -2.77. The molecule has 2 rings (SSSR count). The van der Waals surface area contributed by atoms with Gasteiger partial charge in [0.25, 0.3) is 5.56 Å². The van der Waals surface area contributed by atoms with Crippen molar-refractivity contribution in [2.75, 3.05) is 6.16 Å². The van der Waals surface area contributed by atoms with E-state index < -0.39 is 43.5 Å². The van der Waals surface area contributed by atoms with Crippen molar-refractivity contribution in [2.24, 2.45) is 0 Å². The molecule has 21 heavy (non-hydrogen) atoms. The second kappa shape index (κ2) is 5.84. The Bertz CT molecular complexity index is 680. The summed E-state index contributed by atoms with van der Waals surface area (Å²) in [6, 6.07) is 0. The molecule has 3 atom stereocenters. The molecule has 1 saturated heterocycles. The molecule has 0 aliphatic carbocycles. The zero-order valence-electron chi connectivity index (χ0n) is 11.2. The average Bonchev–Trinajstić information content (AvgIpc) is 2.72. The molecular weight excluding hydrogens is 306 g/mol. The van der Waals surface area contributed by atoms with Gasteiger partial charge in [-0.3, -0.25) is 18.9 Å². The molecule has 1 aromatic rings. The fourth-order valence-electron chi connectivity index (χ4n) is 2.21. The van der Waals surface area contributed by atoms with Crippen molar-refractivity contribution in [1.29, 1.82) is 0 Å². The second-order valence-electron chi connectivity index (χ2n) is 5.04. The molecule has 8 nitrogen and oxygen atoms in total. The van der Waals surface area contributed by atoms with Crippen molar-refractivity contribution in [2.45, 2.75) is 38.3 Å². The minimum atomic E-state index is -4.22. The molecule has 1 aliphatic rings. The normalized spacial score (nSPS) is 26.2. The summed E-state index contributed by atoms with van der Waals surface area (Å²) in [4.78, 5) is 42.7. The Morgan fingerprint density at radius 2 is 2.19 bits per heavy atom. The van der Waals surface area contributed by atoms with E-state index >= 15 is 0 Å². The van der Waals surface area contributed by atoms with Crippen molar-refractivity contribution in [3.05, 3.63) is 32.6 Å². The number of H-pyrrole nitrogens is 1. The van der Waals surface area contributed by atoms with Gasteiger partial charge in [-0.05, 0) is 13.3 Å². The Kier molecular flexibility index (Phi) is 4.48. The zero-order valence-corrected chi connectivity index (χ0v) is 12.1. The first-order chi connectivity index (χ1) is 9.67. The monoisotopic (exact) mass is 322 g/mol. The highest BCUT2D eigenvalue weighted by atomic mass is 31.2. The fraction of sp³-hybridized carbons (Fsp3) is 0.636. The van der Waals surface area contributed by atoms with Gasteiger partial charge < -0.3 is 14.5 Å². The quantitative estimate of drug-likeness (QED) is 0.673. The number of rotatable bonds is 4. The maximum absolute atomic E-state index is 13.8. The topological polar surface area (TPSA) is 122 Å². The van der Waals surface area contributed by atoms with Crippen LogP contribution in [0.5, 0.6) is 0 Å². The molecular formula is C11H16FN2O6P. The molecule has 0 unspecified atom stereocenters. The van der Waals surface area contributed by atoms with Crippen LogP contribution in [-0.2, 0) is 9.30 Å². The maximum atomic E-state index is 13.8. The predicted octanol–water partition coefficient (Wildman–Crippen LogP) is 0.0384. The minimum Gasteiger partial charge on any atom is -0.351 e. The third kappa shape index (κ3) is 3.88. The number of ether oxygens (including phenoxy) is 1. The lowest BCUT2D eigenvalue weighted by Gasteiger charge is -2.16. The van der Waals surface area contributed by atoms with E-state index in [9.17, 15) is 18.5 Å². The molecule has 0 spiro atoms. The molecule has 0 aromatic carbocycles. The van der Waals surface area contributed by atoms with Crippen LogP contribution in [0.15, 0.2) is 15.8 Å². The number of halogens is 1. The Labute approximate surface area is 118 Å². The highest BCUT2D eigenvalue weighted by Gasteiger charge is 2.37. The van der Waals surface area contributed by atoms with Crippen molar-refractivity contribution in [3.8, 4) is 0 Å². The van der Waals surface area contributed by atoms with Gasteiger partial charge in [-0.25, -0.2) is 9.18 Å². The van der Waals surface area contributed by atoms with Crippen LogP contribution < -0.4 is 11.2 Å². The van der Waals surface area contributed by atoms with Crippen molar-refractivity contribution < 1.29 is 23.5 Å². The summed E-state index contributed by atoms with van der Waals surface area (Å²) < 4.78 is 31.1. The minimum absolute atomic E-state index is 0.114. The Balaban J connectivity index is 2.14. The van der Waals surface area contributed by atoms with E-state index in [2.05, 4.69) is 4.98 Å². The van der Waals surface area contributed by atoms with Crippen LogP contribution in [0.3, 0.4) is 0 Å². The SMILES string of the molecule is Cc1cn([C@H]2C[C@H](F)[C@@H](CCP(=O)(O)O)O2)c(=O)[nH]c1=O. The van der Waals surface area contributed by atoms with Crippen molar-refractivity contribution in [3.63, 3.8) is 0 Å². The zero-order chi connectivity index (χ0) is 15.8. The van der Waals surface area contributed by atoms with E-state index in [4.69, 9.17) is 14.5 Å². The van der Waals surface area contributed by atoms with Gasteiger partial charge in [-0.1, -0.05) is 0 Å². The molecule has 0 saturated carbocycles. The van der Waals surface area contributed by atoms with E-state index in [0.717, 1.165) is 4.57 Å². The number of aromatic amines is 1. The van der Waals surface area contributed by atoms with Gasteiger partial charge >= 0.3 is 13.3 Å². The van der Waals surface area contributed by atoms with Gasteiger partial charge in [0.05, 0.1) is 12.3 Å². The third-order valence-corrected chi connectivity index (χ3v) is 4.16. The fourth-order valence-corrected chi connectivity index (χ4v) is 2.80. The summed E-state index contributed by atoms with van der Waals surface area (Å²) in [7, 11) is -4.22. The van der Waals surface area contributed by atoms with Crippen LogP contribution in [0.4, 0.5) is 4.39 Å². The van der Waals surface area contributed by atoms with E-state index in [-0.39, 0.29) is 18.4 Å². The molecule has 10 heteroatoms. The van der Waals surface area contributed by atoms with Crippen LogP contribution in [0, 0.1) is 6.92 Å². The Morgan fingerprint density at radius 1 is 1.52 bits per heavy atom. The number of alkyl halides is 1. The van der Waals surface area contributed by atoms with E-state index in [0.29, 0.717) is 0 Å². The average molecular weight is 322 g/mol. The molecule has 0 bridgehead atoms. The largest absolute Gasteiger partial charge is 0.351 e. The highest BCUT2D eigenvalue weighted by molar-refractivity contribution is 7.51. The van der Waals surface area contributed by atoms with Crippen LogP contribution in [0.1, 0.15) is 24.6 Å². The van der Waals surface area contributed by atoms with Crippen LogP contribution in [0.2, 0.25) is 0 Å². The summed E-state index contributed by atoms with van der Waals surface area (Å²) in [6.45, 7) is 1.50. The number of aromatic nitrogens is 2. The lowest BCUT2D eigenvalue weighted by atomic mass is 10.1. The summed E-state index contributed by atoms with van der Waals surface area (Å²) in [5, 5.41) is 0. The van der Waals surface area contributed by atoms with Gasteiger partial charge in [-0.2, -0.15) is 0 Å². The van der Waals surface area contributed by atoms with Crippen LogP contribution in [0.25, 0.3) is 0 Å². The molecule has 0 radical (unpaired) electrons. The molecule has 0 amide bonds. The van der Waals surface area contributed by atoms with E-state index in [1.165, 1.54) is 13.1 Å². The van der Waals surface area contributed by atoms with Crippen LogP contribution in [-0.4, -0.2) is 37.8 Å². The Hall–Kier alpha value is -1.28. The number of hydrogen-bond donors (Lipinski definition) is 3. The van der Waals surface area contributed by atoms with Gasteiger partial charge in [-0.15, -0.1) is 0 Å². The standard InChI is InChI=1S/C11H16FN2O6P/c1-6-5-14(11(16)13-10(6)15)9-4-7(12)8(20-9)2-3-21(17,18)19/h5,7-9H,2-4H2,1H3,(H,13,15,16)(H2,17,18,19)/t7-,8+,9+/m0/s1. The first kappa shape index (κ1) is 16.1. The van der Waals surface area contributed by atoms with Gasteiger partial charge in [0.15, 0.2) is 0 Å². The first-order valence-electron chi connectivity index (χ1n) is 6.33. The third-order valence-electron chi connectivity index (χ3n) is 3.32. The molecule has 3 N–H and O–H groups in total. The predicted molar refractivity (Wildman–Crippen MR) is 71.0 cm³/mol. The van der Waals surface area contributed by atoms with E-state index in [1.807, 2.05) is 0 Å². The second-order valence-corrected chi connectivity index (χ2v) is 6.81. The molecule has 1 fully saturated rings. The number of nitrogens with zero attached hydrogens (tertiary/aromatic N) is 1. The Morgan fingerprint density at radius 3 is 2.81 bits per heavy atom. The van der Waals surface area contributed by atoms with E-state index in [1.54, 1.807) is 0 Å². The summed E-state index contributed by atoms with van der Waals surface area (Å²) in [5.74, 6) is 0. The molecule has 1 aromatic heterocycles. The van der Waals surface area contributed by atoms with Crippen molar-refractivity contribution in [1.82, 2.24) is 9.55 Å². The summed E-state index contributed by atoms with van der Waals surface area (Å²) in [5.41, 5.74) is -0.949. The van der Waals surface area contributed by atoms with Gasteiger partial charge in [0, 0.05) is 18.2 Å². The van der Waals surface area contributed by atoms with Gasteiger partial charge in [0.2, 0.25) is 0 Å². The smallest absolute Gasteiger partial charge is 0.330 e. The number of aryl methyl sites for hydroxylation is 1. The van der Waals surface area contributed by atoms with Crippen LogP contribution >= 0.6 is 7.60 Å². The molecule has 118 valence electrons. The lowest BCUT2D eigenvalue weighted by Crippen LogP contribution is -2.33. The van der Waals surface area contributed by atoms with Crippen molar-refractivity contribution >= 4 is 7.60 Å². The molecule has 1 aliphatic heterocycles. The first-order valence-corrected chi connectivity index (χ1v) is 8.13. The number of nitrogens with one attached hydrogen (secondary N) is 1.